The number of benzene rings is 1. The first-order chi connectivity index (χ1) is 21.3. The maximum Gasteiger partial charge on any atom is 0.273 e. The van der Waals surface area contributed by atoms with E-state index in [-0.39, 0.29) is 35.4 Å². The molecule has 0 unspecified atom stereocenters. The highest BCUT2D eigenvalue weighted by Crippen LogP contribution is 2.39. The number of fused-ring (bicyclic) bond motifs is 10. The van der Waals surface area contributed by atoms with Gasteiger partial charge >= 0.3 is 0 Å². The largest absolute Gasteiger partial charge is 0.381 e. The first-order valence-electron chi connectivity index (χ1n) is 16.1. The second-order valence-corrected chi connectivity index (χ2v) is 14.3. The summed E-state index contributed by atoms with van der Waals surface area (Å²) < 4.78 is 51.0. The zero-order chi connectivity index (χ0) is 30.7. The molecule has 7 rings (SSSR count). The second-order valence-electron chi connectivity index (χ2n) is 12.6. The quantitative estimate of drug-likeness (QED) is 0.376. The standard InChI is InChI=1S/C33H43F2N5O3S/c1-23-26-5-2-6-27(19-26)33(34,35)21-24-7-13-39(14-8-24)11-3-15-43-16-4-12-40-31-29(30(38-23)36-22-37-31)20-28(32(40)41)25-9-17-44(42)18-10-25/h2,5-6,19-20,22-25H,3-4,7-18,21H2,1H3,(H,36,37,38)/t23-,25?,44?/m1/s1. The molecule has 1 aromatic carbocycles. The Kier molecular flexibility index (Phi) is 9.73. The topological polar surface area (TPSA) is 89.3 Å². The van der Waals surface area contributed by atoms with E-state index in [1.54, 1.807) is 16.7 Å². The molecular formula is C33H43F2N5O3S. The van der Waals surface area contributed by atoms with Crippen molar-refractivity contribution in [2.45, 2.75) is 76.3 Å². The molecule has 0 aliphatic carbocycles. The van der Waals surface area contributed by atoms with E-state index in [9.17, 15) is 9.00 Å². The van der Waals surface area contributed by atoms with Gasteiger partial charge in [-0.25, -0.2) is 18.7 Å². The van der Waals surface area contributed by atoms with Crippen molar-refractivity contribution in [1.82, 2.24) is 19.4 Å². The van der Waals surface area contributed by atoms with E-state index in [1.165, 1.54) is 12.4 Å². The second kappa shape index (κ2) is 13.7. The monoisotopic (exact) mass is 627 g/mol. The van der Waals surface area contributed by atoms with Crippen LogP contribution >= 0.6 is 0 Å². The van der Waals surface area contributed by atoms with Crippen molar-refractivity contribution in [3.05, 3.63) is 63.7 Å². The van der Waals surface area contributed by atoms with Crippen molar-refractivity contribution in [2.24, 2.45) is 5.92 Å². The molecule has 0 saturated carbocycles. The van der Waals surface area contributed by atoms with Crippen LogP contribution in [0.5, 0.6) is 0 Å². The summed E-state index contributed by atoms with van der Waals surface area (Å²) in [6, 6.07) is 8.30. The Morgan fingerprint density at radius 2 is 1.75 bits per heavy atom. The third-order valence-corrected chi connectivity index (χ3v) is 11.0. The first kappa shape index (κ1) is 31.2. The molecule has 2 saturated heterocycles. The number of rotatable bonds is 1. The van der Waals surface area contributed by atoms with Crippen LogP contribution in [0.1, 0.15) is 80.5 Å². The Bertz CT molecular complexity index is 1530. The fraction of sp³-hybridized carbons (Fsp3) is 0.606. The summed E-state index contributed by atoms with van der Waals surface area (Å²) in [6.07, 6.45) is 5.82. The fourth-order valence-electron chi connectivity index (χ4n) is 6.96. The molecule has 1 atom stereocenters. The minimum absolute atomic E-state index is 0.00194. The molecule has 8 nitrogen and oxygen atoms in total. The van der Waals surface area contributed by atoms with Crippen molar-refractivity contribution in [2.75, 3.05) is 49.7 Å². The third-order valence-electron chi connectivity index (χ3n) is 9.59. The lowest BCUT2D eigenvalue weighted by Crippen LogP contribution is -2.36. The van der Waals surface area contributed by atoms with Crippen molar-refractivity contribution >= 4 is 27.7 Å². The van der Waals surface area contributed by atoms with Crippen LogP contribution in [0.15, 0.2) is 41.5 Å². The van der Waals surface area contributed by atoms with Gasteiger partial charge in [0.05, 0.1) is 5.39 Å². The van der Waals surface area contributed by atoms with E-state index >= 15 is 8.78 Å². The number of hydrogen-bond acceptors (Lipinski definition) is 7. The molecule has 6 heterocycles. The van der Waals surface area contributed by atoms with Gasteiger partial charge in [-0.05, 0) is 88.1 Å². The highest BCUT2D eigenvalue weighted by atomic mass is 32.2. The van der Waals surface area contributed by atoms with Crippen molar-refractivity contribution in [1.29, 1.82) is 0 Å². The van der Waals surface area contributed by atoms with Crippen LogP contribution in [-0.4, -0.2) is 68.0 Å². The molecule has 3 aromatic rings. The number of aryl methyl sites for hydroxylation is 1. The Hall–Kier alpha value is -2.76. The zero-order valence-corrected chi connectivity index (χ0v) is 26.3. The number of alkyl halides is 2. The van der Waals surface area contributed by atoms with Gasteiger partial charge in [0.25, 0.3) is 11.5 Å². The van der Waals surface area contributed by atoms with Gasteiger partial charge in [0.2, 0.25) is 0 Å². The van der Waals surface area contributed by atoms with Crippen LogP contribution in [0.4, 0.5) is 14.6 Å². The molecule has 0 amide bonds. The predicted octanol–water partition coefficient (Wildman–Crippen LogP) is 5.60. The molecule has 4 aliphatic rings. The average molecular weight is 628 g/mol. The summed E-state index contributed by atoms with van der Waals surface area (Å²) >= 11 is 0. The van der Waals surface area contributed by atoms with E-state index < -0.39 is 16.7 Å². The van der Waals surface area contributed by atoms with Crippen LogP contribution in [0, 0.1) is 5.92 Å². The Morgan fingerprint density at radius 3 is 2.52 bits per heavy atom. The molecule has 44 heavy (non-hydrogen) atoms. The molecular weight excluding hydrogens is 584 g/mol. The number of nitrogens with zero attached hydrogens (tertiary/aromatic N) is 4. The maximum absolute atomic E-state index is 15.6. The molecule has 0 spiro atoms. The Labute approximate surface area is 260 Å². The molecule has 2 aromatic heterocycles. The van der Waals surface area contributed by atoms with E-state index in [0.29, 0.717) is 67.6 Å². The number of ether oxygens (including phenoxy) is 1. The number of nitrogens with one attached hydrogen (secondary N) is 1. The lowest BCUT2D eigenvalue weighted by Gasteiger charge is -2.33. The maximum atomic E-state index is 15.6. The molecule has 1 N–H and O–H groups in total. The first-order valence-corrected chi connectivity index (χ1v) is 17.6. The van der Waals surface area contributed by atoms with Crippen molar-refractivity contribution in [3.8, 4) is 0 Å². The van der Waals surface area contributed by atoms with Gasteiger partial charge in [-0.1, -0.05) is 18.2 Å². The number of hydrogen-bond donors (Lipinski definition) is 1. The number of aromatic nitrogens is 3. The minimum Gasteiger partial charge on any atom is -0.381 e. The smallest absolute Gasteiger partial charge is 0.273 e. The highest BCUT2D eigenvalue weighted by Gasteiger charge is 2.36. The van der Waals surface area contributed by atoms with Crippen LogP contribution < -0.4 is 10.9 Å². The molecule has 2 fully saturated rings. The average Bonchev–Trinajstić information content (AvgIpc) is 3.02. The molecule has 11 heteroatoms. The van der Waals surface area contributed by atoms with E-state index in [1.807, 2.05) is 19.1 Å². The normalized spacial score (nSPS) is 28.6. The van der Waals surface area contributed by atoms with E-state index in [0.717, 1.165) is 49.8 Å². The van der Waals surface area contributed by atoms with Crippen molar-refractivity contribution in [3.63, 3.8) is 0 Å². The molecule has 8 bridgehead atoms. The van der Waals surface area contributed by atoms with Gasteiger partial charge in [0.1, 0.15) is 17.8 Å². The predicted molar refractivity (Wildman–Crippen MR) is 170 cm³/mol. The molecule has 238 valence electrons. The van der Waals surface area contributed by atoms with Gasteiger partial charge in [0.15, 0.2) is 0 Å². The fourth-order valence-corrected chi connectivity index (χ4v) is 8.26. The van der Waals surface area contributed by atoms with E-state index in [4.69, 9.17) is 4.74 Å². The van der Waals surface area contributed by atoms with E-state index in [2.05, 4.69) is 20.2 Å². The minimum atomic E-state index is -2.91. The summed E-state index contributed by atoms with van der Waals surface area (Å²) in [5, 5.41) is 4.16. The van der Waals surface area contributed by atoms with Crippen molar-refractivity contribution < 1.29 is 17.7 Å². The van der Waals surface area contributed by atoms with Gasteiger partial charge in [-0.2, -0.15) is 0 Å². The number of halogens is 2. The van der Waals surface area contributed by atoms with Gasteiger partial charge in [-0.15, -0.1) is 0 Å². The van der Waals surface area contributed by atoms with Gasteiger partial charge in [0, 0.05) is 72.2 Å². The van der Waals surface area contributed by atoms with Crippen LogP contribution in [0.3, 0.4) is 0 Å². The summed E-state index contributed by atoms with van der Waals surface area (Å²) in [5.74, 6) is -1.17. The SMILES string of the molecule is C[C@H]1Nc2ncnc3c2cc(C2CCS(=O)CC2)c(=O)n3CCCOCCCN2CCC(CC2)CC(F)(F)c2cccc1c2. The molecule has 4 aliphatic heterocycles. The van der Waals surface area contributed by atoms with Gasteiger partial charge in [-0.3, -0.25) is 13.6 Å². The molecule has 0 radical (unpaired) electrons. The number of piperidine rings is 1. The lowest BCUT2D eigenvalue weighted by atomic mass is 9.87. The van der Waals surface area contributed by atoms with Crippen LogP contribution in [0.25, 0.3) is 11.0 Å². The summed E-state index contributed by atoms with van der Waals surface area (Å²) in [7, 11) is -0.843. The Morgan fingerprint density at radius 1 is 1.00 bits per heavy atom. The highest BCUT2D eigenvalue weighted by molar-refractivity contribution is 7.85. The summed E-state index contributed by atoms with van der Waals surface area (Å²) in [6.45, 7) is 6.12. The number of pyridine rings is 1. The summed E-state index contributed by atoms with van der Waals surface area (Å²) in [5.41, 5.74) is 1.95. The van der Waals surface area contributed by atoms with Crippen LogP contribution in [-0.2, 0) is 28.0 Å². The number of anilines is 1. The van der Waals surface area contributed by atoms with Crippen LogP contribution in [0.2, 0.25) is 0 Å². The van der Waals surface area contributed by atoms with Gasteiger partial charge < -0.3 is 15.0 Å². The zero-order valence-electron chi connectivity index (χ0n) is 25.5. The summed E-state index contributed by atoms with van der Waals surface area (Å²) in [4.78, 5) is 25.3. The Balaban J connectivity index is 1.36. The third kappa shape index (κ3) is 7.05. The lowest BCUT2D eigenvalue weighted by molar-refractivity contribution is -0.0374.